The average molecular weight is 1540 g/mol. The maximum Gasteiger partial charge on any atom is 0.472 e. The lowest BCUT2D eigenvalue weighted by Gasteiger charge is -2.21. The van der Waals surface area contributed by atoms with Crippen molar-refractivity contribution >= 4 is 39.5 Å². The van der Waals surface area contributed by atoms with Crippen molar-refractivity contribution in [3.05, 3.63) is 0 Å². The zero-order chi connectivity index (χ0) is 76.9. The normalized spacial score (nSPS) is 14.0. The summed E-state index contributed by atoms with van der Waals surface area (Å²) in [6.07, 6.45) is 72.1. The molecule has 0 saturated heterocycles. The van der Waals surface area contributed by atoms with Crippen LogP contribution in [0.2, 0.25) is 0 Å². The minimum atomic E-state index is -4.96. The number of esters is 4. The Hall–Kier alpha value is -1.94. The van der Waals surface area contributed by atoms with Crippen LogP contribution in [-0.4, -0.2) is 96.7 Å². The van der Waals surface area contributed by atoms with Gasteiger partial charge in [0, 0.05) is 25.7 Å². The van der Waals surface area contributed by atoms with E-state index in [0.29, 0.717) is 25.7 Å². The summed E-state index contributed by atoms with van der Waals surface area (Å²) in [6, 6.07) is 0. The van der Waals surface area contributed by atoms with Gasteiger partial charge in [-0.25, -0.2) is 9.13 Å². The molecule has 0 aliphatic heterocycles. The van der Waals surface area contributed by atoms with Gasteiger partial charge in [-0.2, -0.15) is 0 Å². The van der Waals surface area contributed by atoms with Crippen molar-refractivity contribution < 1.29 is 80.2 Å². The molecule has 3 unspecified atom stereocenters. The number of carbonyl (C=O) groups excluding carboxylic acids is 4. The topological polar surface area (TPSA) is 237 Å². The largest absolute Gasteiger partial charge is 0.472 e. The Morgan fingerprint density at radius 1 is 0.267 bits per heavy atom. The van der Waals surface area contributed by atoms with E-state index in [0.717, 1.165) is 95.8 Å². The highest BCUT2D eigenvalue weighted by molar-refractivity contribution is 7.47. The first kappa shape index (κ1) is 103. The van der Waals surface area contributed by atoms with Crippen LogP contribution in [0.25, 0.3) is 0 Å². The van der Waals surface area contributed by atoms with Crippen LogP contribution in [0.4, 0.5) is 0 Å². The Labute approximate surface area is 645 Å². The number of hydrogen-bond donors (Lipinski definition) is 3. The van der Waals surface area contributed by atoms with Crippen molar-refractivity contribution in [3.63, 3.8) is 0 Å². The third-order valence-electron chi connectivity index (χ3n) is 20.6. The lowest BCUT2D eigenvalue weighted by atomic mass is 9.99. The number of hydrogen-bond acceptors (Lipinski definition) is 15. The van der Waals surface area contributed by atoms with Crippen molar-refractivity contribution in [2.45, 2.75) is 483 Å². The zero-order valence-electron chi connectivity index (χ0n) is 68.9. The lowest BCUT2D eigenvalue weighted by Crippen LogP contribution is -2.30. The van der Waals surface area contributed by atoms with Gasteiger partial charge >= 0.3 is 39.5 Å². The van der Waals surface area contributed by atoms with E-state index in [4.69, 9.17) is 37.0 Å². The van der Waals surface area contributed by atoms with E-state index >= 15 is 0 Å². The number of unbranched alkanes of at least 4 members (excludes halogenated alkanes) is 57. The van der Waals surface area contributed by atoms with E-state index in [9.17, 15) is 43.2 Å². The van der Waals surface area contributed by atoms with E-state index in [-0.39, 0.29) is 25.7 Å². The first-order valence-corrected chi connectivity index (χ1v) is 47.7. The predicted molar refractivity (Wildman–Crippen MR) is 432 cm³/mol. The number of aliphatic hydroxyl groups excluding tert-OH is 1. The monoisotopic (exact) mass is 1540 g/mol. The molecule has 0 radical (unpaired) electrons. The van der Waals surface area contributed by atoms with Crippen LogP contribution in [0.15, 0.2) is 0 Å². The van der Waals surface area contributed by atoms with E-state index < -0.39 is 97.5 Å². The summed E-state index contributed by atoms with van der Waals surface area (Å²) in [5, 5.41) is 10.7. The van der Waals surface area contributed by atoms with Gasteiger partial charge < -0.3 is 33.8 Å². The zero-order valence-corrected chi connectivity index (χ0v) is 70.7. The van der Waals surface area contributed by atoms with Crippen LogP contribution >= 0.6 is 15.6 Å². The number of aliphatic hydroxyl groups is 1. The van der Waals surface area contributed by atoms with Crippen molar-refractivity contribution in [2.24, 2.45) is 5.92 Å². The highest BCUT2D eigenvalue weighted by Gasteiger charge is 2.30. The van der Waals surface area contributed by atoms with Gasteiger partial charge in [0.15, 0.2) is 12.2 Å². The summed E-state index contributed by atoms with van der Waals surface area (Å²) < 4.78 is 68.9. The Morgan fingerprint density at radius 2 is 0.457 bits per heavy atom. The fourth-order valence-electron chi connectivity index (χ4n) is 13.4. The van der Waals surface area contributed by atoms with Gasteiger partial charge in [-0.3, -0.25) is 37.3 Å². The van der Waals surface area contributed by atoms with Crippen LogP contribution in [0, 0.1) is 5.92 Å². The maximum absolute atomic E-state index is 13.1. The minimum absolute atomic E-state index is 0.109. The number of rotatable bonds is 86. The second kappa shape index (κ2) is 78.7. The van der Waals surface area contributed by atoms with Gasteiger partial charge in [-0.1, -0.05) is 413 Å². The van der Waals surface area contributed by atoms with Crippen LogP contribution in [0.5, 0.6) is 0 Å². The van der Waals surface area contributed by atoms with Gasteiger partial charge in [-0.15, -0.1) is 0 Å². The molecule has 0 amide bonds. The van der Waals surface area contributed by atoms with Crippen LogP contribution < -0.4 is 0 Å². The maximum atomic E-state index is 13.1. The second-order valence-electron chi connectivity index (χ2n) is 31.2. The van der Waals surface area contributed by atoms with Crippen LogP contribution in [-0.2, 0) is 65.4 Å². The van der Waals surface area contributed by atoms with Crippen LogP contribution in [0.1, 0.15) is 465 Å². The molecule has 17 nitrogen and oxygen atoms in total. The summed E-state index contributed by atoms with van der Waals surface area (Å²) >= 11 is 0. The van der Waals surface area contributed by atoms with E-state index in [1.807, 2.05) is 0 Å². The molecule has 3 N–H and O–H groups in total. The molecule has 0 aromatic heterocycles. The molecule has 0 fully saturated rings. The Balaban J connectivity index is 5.23. The van der Waals surface area contributed by atoms with Crippen molar-refractivity contribution in [2.75, 3.05) is 39.6 Å². The van der Waals surface area contributed by atoms with Crippen molar-refractivity contribution in [1.82, 2.24) is 0 Å². The standard InChI is InChI=1S/C86H168O17P2/c1-6-10-13-16-19-22-25-27-29-31-33-35-37-43-47-52-57-62-67-72-86(91)103-82(76-97-84(89)70-65-60-55-50-45-41-39-38-40-44-48-53-58-63-68-79(5)9-4)78-101-105(94,95)99-74-80(87)73-98-104(92,93)100-77-81(75-96-83(88)69-64-59-54-49-24-21-18-15-12-8-3)102-85(90)71-66-61-56-51-46-42-36-34-32-30-28-26-23-20-17-14-11-7-2/h79-82,87H,6-78H2,1-5H3,(H,92,93)(H,94,95)/t79?,80-,81+,82+/m0/s1. The molecule has 0 aliphatic carbocycles. The van der Waals surface area contributed by atoms with Gasteiger partial charge in [0.2, 0.25) is 0 Å². The molecule has 6 atom stereocenters. The SMILES string of the molecule is CCCCCCCCCCCCCCCCCCCCCC(=O)O[C@H](COC(=O)CCCCCCCCCCCCCCCCC(C)CC)COP(=O)(O)OC[C@@H](O)COP(=O)(O)OC[C@@H](COC(=O)CCCCCCCCCCCC)OC(=O)CCCCCCCCCCCCCCCCCCCC. The first-order chi connectivity index (χ1) is 51.1. The second-order valence-corrected chi connectivity index (χ2v) is 34.1. The molecule has 0 spiro atoms. The van der Waals surface area contributed by atoms with Crippen LogP contribution in [0.3, 0.4) is 0 Å². The van der Waals surface area contributed by atoms with E-state index in [1.165, 1.54) is 289 Å². The highest BCUT2D eigenvalue weighted by Crippen LogP contribution is 2.45. The number of phosphoric ester groups is 2. The average Bonchev–Trinajstić information content (AvgIpc) is 1.30. The lowest BCUT2D eigenvalue weighted by molar-refractivity contribution is -0.161. The fraction of sp³-hybridized carbons (Fsp3) is 0.953. The quantitative estimate of drug-likeness (QED) is 0.0222. The molecule has 19 heteroatoms. The van der Waals surface area contributed by atoms with Gasteiger partial charge in [0.1, 0.15) is 19.3 Å². The fourth-order valence-corrected chi connectivity index (χ4v) is 15.0. The van der Waals surface area contributed by atoms with Gasteiger partial charge in [-0.05, 0) is 31.6 Å². The molecular formula is C86H168O17P2. The predicted octanol–water partition coefficient (Wildman–Crippen LogP) is 26.4. The molecule has 0 aromatic rings. The molecule has 624 valence electrons. The molecule has 0 saturated carbocycles. The smallest absolute Gasteiger partial charge is 0.462 e. The first-order valence-electron chi connectivity index (χ1n) is 44.7. The summed E-state index contributed by atoms with van der Waals surface area (Å²) in [6.45, 7) is 7.42. The van der Waals surface area contributed by atoms with E-state index in [2.05, 4.69) is 34.6 Å². The minimum Gasteiger partial charge on any atom is -0.462 e. The van der Waals surface area contributed by atoms with E-state index in [1.54, 1.807) is 0 Å². The summed E-state index contributed by atoms with van der Waals surface area (Å²) in [5.41, 5.74) is 0. The summed E-state index contributed by atoms with van der Waals surface area (Å²) in [4.78, 5) is 73.2. The summed E-state index contributed by atoms with van der Waals surface area (Å²) in [5.74, 6) is -1.25. The molecule has 0 aliphatic rings. The Morgan fingerprint density at radius 3 is 0.676 bits per heavy atom. The number of phosphoric acid groups is 2. The van der Waals surface area contributed by atoms with Gasteiger partial charge in [0.25, 0.3) is 0 Å². The number of ether oxygens (including phenoxy) is 4. The third kappa shape index (κ3) is 78.5. The molecular weight excluding hydrogens is 1370 g/mol. The summed E-state index contributed by atoms with van der Waals surface area (Å²) in [7, 11) is -9.93. The molecule has 0 rings (SSSR count). The Bertz CT molecular complexity index is 2000. The van der Waals surface area contributed by atoms with Crippen molar-refractivity contribution in [1.29, 1.82) is 0 Å². The molecule has 0 aromatic carbocycles. The molecule has 105 heavy (non-hydrogen) atoms. The number of carbonyl (C=O) groups is 4. The highest BCUT2D eigenvalue weighted by atomic mass is 31.2. The Kier molecular flexibility index (Phi) is 77.3. The third-order valence-corrected chi connectivity index (χ3v) is 22.5. The molecule has 0 heterocycles. The molecule has 0 bridgehead atoms. The van der Waals surface area contributed by atoms with Crippen molar-refractivity contribution in [3.8, 4) is 0 Å². The van der Waals surface area contributed by atoms with Gasteiger partial charge in [0.05, 0.1) is 26.4 Å².